The molecular weight excluding hydrogens is 296 g/mol. The maximum Gasteiger partial charge on any atom is 0.237 e. The molecule has 4 rings (SSSR count). The summed E-state index contributed by atoms with van der Waals surface area (Å²) in [6.07, 6.45) is 6.98. The molecule has 5 nitrogen and oxygen atoms in total. The van der Waals surface area contributed by atoms with Crippen LogP contribution in [0.2, 0.25) is 0 Å². The van der Waals surface area contributed by atoms with Crippen molar-refractivity contribution >= 4 is 17.2 Å². The predicted octanol–water partition coefficient (Wildman–Crippen LogP) is 2.07. The van der Waals surface area contributed by atoms with Crippen LogP contribution in [0.4, 0.5) is 0 Å². The minimum absolute atomic E-state index is 0.0833. The second kappa shape index (κ2) is 5.52. The number of thiophene rings is 1. The number of H-pyrrole nitrogens is 1. The number of nitrogens with one attached hydrogen (secondary N) is 3. The molecule has 0 unspecified atom stereocenters. The molecule has 2 aromatic rings. The molecule has 0 aromatic carbocycles. The number of rotatable bonds is 3. The van der Waals surface area contributed by atoms with Crippen molar-refractivity contribution in [3.63, 3.8) is 0 Å². The van der Waals surface area contributed by atoms with Gasteiger partial charge in [0.1, 0.15) is 0 Å². The lowest BCUT2D eigenvalue weighted by atomic mass is 9.85. The highest BCUT2D eigenvalue weighted by Gasteiger charge is 2.45. The summed E-state index contributed by atoms with van der Waals surface area (Å²) in [4.78, 5) is 21.5. The first-order valence-corrected chi connectivity index (χ1v) is 8.75. The average Bonchev–Trinajstić information content (AvgIpc) is 3.26. The quantitative estimate of drug-likeness (QED) is 0.812. The van der Waals surface area contributed by atoms with Crippen LogP contribution in [-0.4, -0.2) is 21.9 Å². The molecule has 22 heavy (non-hydrogen) atoms. The Bertz CT molecular complexity index is 658. The van der Waals surface area contributed by atoms with Gasteiger partial charge in [0, 0.05) is 17.0 Å². The van der Waals surface area contributed by atoms with E-state index in [4.69, 9.17) is 0 Å². The molecule has 2 aromatic heterocycles. The van der Waals surface area contributed by atoms with Crippen molar-refractivity contribution in [1.29, 1.82) is 0 Å². The van der Waals surface area contributed by atoms with Crippen LogP contribution in [0.15, 0.2) is 23.8 Å². The minimum Gasteiger partial charge on any atom is -0.350 e. The monoisotopic (exact) mass is 316 g/mol. The van der Waals surface area contributed by atoms with Gasteiger partial charge in [0.05, 0.1) is 30.1 Å². The standard InChI is InChI=1S/C16H20N4OS/c21-15(17-9-11-4-3-7-22-11)13-8-12-14(19-10-18-12)16(20-13)5-1-2-6-16/h3-4,7,10,13,20H,1-2,5-6,8-9H2,(H,17,21)(H,18,19)/t13-/m0/s1. The minimum atomic E-state index is -0.175. The zero-order valence-electron chi connectivity index (χ0n) is 12.4. The van der Waals surface area contributed by atoms with Crippen molar-refractivity contribution in [2.75, 3.05) is 0 Å². The summed E-state index contributed by atoms with van der Waals surface area (Å²) in [7, 11) is 0. The van der Waals surface area contributed by atoms with Gasteiger partial charge in [-0.3, -0.25) is 10.1 Å². The van der Waals surface area contributed by atoms with Gasteiger partial charge in [-0.05, 0) is 24.3 Å². The molecule has 1 saturated carbocycles. The van der Waals surface area contributed by atoms with Crippen molar-refractivity contribution in [3.8, 4) is 0 Å². The van der Waals surface area contributed by atoms with Gasteiger partial charge in [-0.25, -0.2) is 4.98 Å². The van der Waals surface area contributed by atoms with Crippen LogP contribution >= 0.6 is 11.3 Å². The van der Waals surface area contributed by atoms with Gasteiger partial charge in [-0.1, -0.05) is 18.9 Å². The molecule has 3 N–H and O–H groups in total. The fourth-order valence-corrected chi connectivity index (χ4v) is 4.42. The number of hydrogen-bond acceptors (Lipinski definition) is 4. The number of carbonyl (C=O) groups excluding carboxylic acids is 1. The Balaban J connectivity index is 1.50. The first kappa shape index (κ1) is 14.0. The molecule has 1 atom stereocenters. The number of imidazole rings is 1. The van der Waals surface area contributed by atoms with Crippen LogP contribution in [-0.2, 0) is 23.3 Å². The predicted molar refractivity (Wildman–Crippen MR) is 85.5 cm³/mol. The number of aromatic amines is 1. The van der Waals surface area contributed by atoms with Gasteiger partial charge in [0.25, 0.3) is 0 Å². The SMILES string of the molecule is O=C(NCc1cccs1)[C@@H]1Cc2[nH]cnc2C2(CCCC2)N1. The molecule has 0 radical (unpaired) electrons. The van der Waals surface area contributed by atoms with E-state index in [0.717, 1.165) is 24.2 Å². The van der Waals surface area contributed by atoms with E-state index >= 15 is 0 Å². The molecule has 116 valence electrons. The molecule has 2 aliphatic rings. The van der Waals surface area contributed by atoms with E-state index < -0.39 is 0 Å². The summed E-state index contributed by atoms with van der Waals surface area (Å²) in [5.41, 5.74) is 2.16. The van der Waals surface area contributed by atoms with Crippen LogP contribution in [0.3, 0.4) is 0 Å². The Hall–Kier alpha value is -1.66. The third-order valence-electron chi connectivity index (χ3n) is 4.82. The van der Waals surface area contributed by atoms with Crippen LogP contribution in [0.1, 0.15) is 41.9 Å². The van der Waals surface area contributed by atoms with Gasteiger partial charge in [-0.2, -0.15) is 0 Å². The Morgan fingerprint density at radius 1 is 1.45 bits per heavy atom. The summed E-state index contributed by atoms with van der Waals surface area (Å²) in [5, 5.41) is 8.70. The van der Waals surface area contributed by atoms with Crippen molar-refractivity contribution in [2.24, 2.45) is 0 Å². The molecule has 6 heteroatoms. The second-order valence-electron chi connectivity index (χ2n) is 6.22. The molecule has 0 bridgehead atoms. The highest BCUT2D eigenvalue weighted by Crippen LogP contribution is 2.41. The fraction of sp³-hybridized carbons (Fsp3) is 0.500. The summed E-state index contributed by atoms with van der Waals surface area (Å²) < 4.78 is 0. The molecule has 1 aliphatic carbocycles. The van der Waals surface area contributed by atoms with Crippen LogP contribution in [0, 0.1) is 0 Å². The van der Waals surface area contributed by atoms with Crippen molar-refractivity contribution in [1.82, 2.24) is 20.6 Å². The first-order valence-electron chi connectivity index (χ1n) is 7.87. The number of aromatic nitrogens is 2. The number of hydrogen-bond donors (Lipinski definition) is 3. The van der Waals surface area contributed by atoms with Gasteiger partial charge >= 0.3 is 0 Å². The van der Waals surface area contributed by atoms with Gasteiger partial charge < -0.3 is 10.3 Å². The summed E-state index contributed by atoms with van der Waals surface area (Å²) in [6, 6.07) is 3.88. The van der Waals surface area contributed by atoms with E-state index in [2.05, 4.69) is 20.6 Å². The number of carbonyl (C=O) groups is 1. The third kappa shape index (κ3) is 2.36. The topological polar surface area (TPSA) is 69.8 Å². The van der Waals surface area contributed by atoms with Gasteiger partial charge in [-0.15, -0.1) is 11.3 Å². The summed E-state index contributed by atoms with van der Waals surface area (Å²) >= 11 is 1.67. The Morgan fingerprint density at radius 2 is 2.32 bits per heavy atom. The molecule has 1 aliphatic heterocycles. The maximum absolute atomic E-state index is 12.6. The average molecular weight is 316 g/mol. The molecule has 1 amide bonds. The normalized spacial score (nSPS) is 22.6. The lowest BCUT2D eigenvalue weighted by Gasteiger charge is -2.38. The lowest BCUT2D eigenvalue weighted by Crippen LogP contribution is -2.57. The second-order valence-corrected chi connectivity index (χ2v) is 7.25. The van der Waals surface area contributed by atoms with Crippen LogP contribution in [0.25, 0.3) is 0 Å². The van der Waals surface area contributed by atoms with E-state index in [0.29, 0.717) is 13.0 Å². The highest BCUT2D eigenvalue weighted by molar-refractivity contribution is 7.09. The third-order valence-corrected chi connectivity index (χ3v) is 5.70. The van der Waals surface area contributed by atoms with E-state index in [-0.39, 0.29) is 17.5 Å². The van der Waals surface area contributed by atoms with E-state index in [1.165, 1.54) is 17.7 Å². The van der Waals surface area contributed by atoms with Gasteiger partial charge in [0.2, 0.25) is 5.91 Å². The Morgan fingerprint density at radius 3 is 3.09 bits per heavy atom. The van der Waals surface area contributed by atoms with Gasteiger partial charge in [0.15, 0.2) is 0 Å². The number of amides is 1. The molecule has 1 spiro atoms. The smallest absolute Gasteiger partial charge is 0.237 e. The van der Waals surface area contributed by atoms with E-state index in [9.17, 15) is 4.79 Å². The maximum atomic E-state index is 12.6. The largest absolute Gasteiger partial charge is 0.350 e. The fourth-order valence-electron chi connectivity index (χ4n) is 3.77. The zero-order valence-corrected chi connectivity index (χ0v) is 13.2. The van der Waals surface area contributed by atoms with Crippen LogP contribution in [0.5, 0.6) is 0 Å². The number of nitrogens with zero attached hydrogens (tertiary/aromatic N) is 1. The number of fused-ring (bicyclic) bond motifs is 2. The molecular formula is C16H20N4OS. The molecule has 3 heterocycles. The Labute approximate surface area is 133 Å². The van der Waals surface area contributed by atoms with Crippen molar-refractivity contribution in [3.05, 3.63) is 40.1 Å². The van der Waals surface area contributed by atoms with E-state index in [1.54, 1.807) is 17.7 Å². The zero-order chi connectivity index (χ0) is 15.0. The summed E-state index contributed by atoms with van der Waals surface area (Å²) in [6.45, 7) is 0.609. The van der Waals surface area contributed by atoms with Crippen molar-refractivity contribution in [2.45, 2.75) is 50.2 Å². The first-order chi connectivity index (χ1) is 10.8. The highest BCUT2D eigenvalue weighted by atomic mass is 32.1. The molecule has 1 fully saturated rings. The van der Waals surface area contributed by atoms with E-state index in [1.807, 2.05) is 17.5 Å². The lowest BCUT2D eigenvalue weighted by molar-refractivity contribution is -0.124. The molecule has 0 saturated heterocycles. The summed E-state index contributed by atoms with van der Waals surface area (Å²) in [5.74, 6) is 0.0833. The Kier molecular flexibility index (Phi) is 3.50. The van der Waals surface area contributed by atoms with Crippen LogP contribution < -0.4 is 10.6 Å². The van der Waals surface area contributed by atoms with Crippen molar-refractivity contribution < 1.29 is 4.79 Å².